The van der Waals surface area contributed by atoms with Gasteiger partial charge in [-0.15, -0.1) is 0 Å². The zero-order valence-electron chi connectivity index (χ0n) is 14.4. The van der Waals surface area contributed by atoms with Crippen molar-refractivity contribution in [1.82, 2.24) is 10.6 Å². The molecule has 0 bridgehead atoms. The van der Waals surface area contributed by atoms with Gasteiger partial charge in [0.1, 0.15) is 5.75 Å². The lowest BCUT2D eigenvalue weighted by Crippen LogP contribution is -2.33. The predicted octanol–water partition coefficient (Wildman–Crippen LogP) is 1.97. The summed E-state index contributed by atoms with van der Waals surface area (Å²) in [6, 6.07) is 13.7. The summed E-state index contributed by atoms with van der Waals surface area (Å²) in [6.07, 6.45) is 0. The summed E-state index contributed by atoms with van der Waals surface area (Å²) in [5, 5.41) is 18.1. The van der Waals surface area contributed by atoms with Crippen LogP contribution in [-0.4, -0.2) is 24.0 Å². The van der Waals surface area contributed by atoms with Crippen molar-refractivity contribution in [3.63, 3.8) is 0 Å². The van der Waals surface area contributed by atoms with Crippen LogP contribution in [0.1, 0.15) is 24.1 Å². The molecule has 0 aliphatic carbocycles. The zero-order valence-corrected chi connectivity index (χ0v) is 14.4. The largest absolute Gasteiger partial charge is 0.508 e. The van der Waals surface area contributed by atoms with Crippen LogP contribution in [0.15, 0.2) is 60.1 Å². The third kappa shape index (κ3) is 3.46. The highest BCUT2D eigenvalue weighted by molar-refractivity contribution is 6.05. The molecule has 2 amide bonds. The maximum Gasteiger partial charge on any atom is 0.277 e. The molecule has 0 saturated heterocycles. The average Bonchev–Trinajstić information content (AvgIpc) is 2.76. The Bertz CT molecular complexity index is 875. The fraction of sp³-hybridized carbons (Fsp3) is 0.158. The first-order valence-electron chi connectivity index (χ1n) is 8.01. The molecule has 1 unspecified atom stereocenters. The van der Waals surface area contributed by atoms with E-state index in [1.54, 1.807) is 30.3 Å². The van der Waals surface area contributed by atoms with Crippen molar-refractivity contribution in [3.8, 4) is 5.75 Å². The normalized spacial score (nSPS) is 17.9. The van der Waals surface area contributed by atoms with E-state index in [2.05, 4.69) is 16.0 Å². The number of phenolic OH excluding ortho intramolecular Hbond substituents is 1. The minimum absolute atomic E-state index is 0.0339. The Kier molecular flexibility index (Phi) is 4.79. The van der Waals surface area contributed by atoms with Gasteiger partial charge < -0.3 is 20.5 Å². The number of fused-ring (bicyclic) bond motifs is 1. The summed E-state index contributed by atoms with van der Waals surface area (Å²) >= 11 is 0. The van der Waals surface area contributed by atoms with E-state index in [1.807, 2.05) is 18.2 Å². The third-order valence-corrected chi connectivity index (χ3v) is 3.98. The highest BCUT2D eigenvalue weighted by Gasteiger charge is 2.29. The third-order valence-electron chi connectivity index (χ3n) is 3.98. The van der Waals surface area contributed by atoms with E-state index < -0.39 is 5.91 Å². The van der Waals surface area contributed by atoms with Crippen molar-refractivity contribution >= 4 is 17.5 Å². The van der Waals surface area contributed by atoms with Gasteiger partial charge in [-0.05, 0) is 23.8 Å². The number of amides is 2. The molecular formula is C19H19N3O4. The topological polar surface area (TPSA) is 99.7 Å². The lowest BCUT2D eigenvalue weighted by atomic mass is 9.97. The van der Waals surface area contributed by atoms with E-state index in [9.17, 15) is 14.7 Å². The number of carbonyl (C=O) groups excluding carboxylic acids is 2. The van der Waals surface area contributed by atoms with E-state index in [1.165, 1.54) is 14.0 Å². The molecule has 7 heteroatoms. The van der Waals surface area contributed by atoms with E-state index in [4.69, 9.17) is 4.74 Å². The second-order valence-corrected chi connectivity index (χ2v) is 5.80. The molecule has 3 rings (SSSR count). The Morgan fingerprint density at radius 2 is 1.85 bits per heavy atom. The van der Waals surface area contributed by atoms with Crippen molar-refractivity contribution in [1.29, 1.82) is 0 Å². The Morgan fingerprint density at radius 3 is 2.50 bits per heavy atom. The number of para-hydroxylation sites is 1. The van der Waals surface area contributed by atoms with E-state index in [0.29, 0.717) is 5.69 Å². The van der Waals surface area contributed by atoms with E-state index in [-0.39, 0.29) is 29.3 Å². The lowest BCUT2D eigenvalue weighted by Gasteiger charge is -2.21. The first kappa shape index (κ1) is 17.3. The van der Waals surface area contributed by atoms with Crippen LogP contribution in [0.2, 0.25) is 0 Å². The maximum absolute atomic E-state index is 12.7. The Labute approximate surface area is 150 Å². The molecule has 2 aromatic carbocycles. The standard InChI is InChI=1S/C19H19N3O4/c1-11(23)20-19(26-2)17-18(25)21-15-6-4-3-5-14(15)16(22-17)12-7-9-13(24)10-8-12/h3-10,16,22,24H,1-2H3,(H,20,23)(H,21,25). The van der Waals surface area contributed by atoms with Crippen LogP contribution >= 0.6 is 0 Å². The highest BCUT2D eigenvalue weighted by Crippen LogP contribution is 2.33. The van der Waals surface area contributed by atoms with Gasteiger partial charge in [0.15, 0.2) is 5.70 Å². The monoisotopic (exact) mass is 353 g/mol. The minimum atomic E-state index is -0.427. The van der Waals surface area contributed by atoms with Gasteiger partial charge in [0.25, 0.3) is 5.91 Å². The number of ether oxygens (including phenoxy) is 1. The van der Waals surface area contributed by atoms with Crippen LogP contribution < -0.4 is 16.0 Å². The molecule has 0 spiro atoms. The zero-order chi connectivity index (χ0) is 18.7. The summed E-state index contributed by atoms with van der Waals surface area (Å²) in [4.78, 5) is 24.1. The Morgan fingerprint density at radius 1 is 1.15 bits per heavy atom. The fourth-order valence-electron chi connectivity index (χ4n) is 2.81. The van der Waals surface area contributed by atoms with Crippen LogP contribution in [0.4, 0.5) is 5.69 Å². The van der Waals surface area contributed by atoms with Gasteiger partial charge >= 0.3 is 0 Å². The van der Waals surface area contributed by atoms with Crippen molar-refractivity contribution in [2.75, 3.05) is 12.4 Å². The quantitative estimate of drug-likeness (QED) is 0.499. The molecule has 134 valence electrons. The molecule has 0 aromatic heterocycles. The van der Waals surface area contributed by atoms with E-state index in [0.717, 1.165) is 11.1 Å². The molecule has 26 heavy (non-hydrogen) atoms. The molecular weight excluding hydrogens is 334 g/mol. The SMILES string of the molecule is COC(NC(C)=O)=C1NC(c2ccc(O)cc2)c2ccccc2NC1=O. The number of phenols is 1. The lowest BCUT2D eigenvalue weighted by molar-refractivity contribution is -0.119. The second kappa shape index (κ2) is 7.18. The number of nitrogens with one attached hydrogen (secondary N) is 3. The first-order valence-corrected chi connectivity index (χ1v) is 8.01. The molecule has 1 aliphatic rings. The van der Waals surface area contributed by atoms with Crippen LogP contribution in [0.3, 0.4) is 0 Å². The summed E-state index contributed by atoms with van der Waals surface area (Å²) in [6.45, 7) is 1.33. The molecule has 2 aromatic rings. The van der Waals surface area contributed by atoms with Gasteiger partial charge in [0.05, 0.1) is 13.2 Å². The summed E-state index contributed by atoms with van der Waals surface area (Å²) in [7, 11) is 1.38. The van der Waals surface area contributed by atoms with Gasteiger partial charge in [-0.1, -0.05) is 30.3 Å². The summed E-state index contributed by atoms with van der Waals surface area (Å²) in [5.74, 6) is -0.598. The van der Waals surface area contributed by atoms with Gasteiger partial charge in [-0.25, -0.2) is 0 Å². The first-order chi connectivity index (χ1) is 12.5. The molecule has 4 N–H and O–H groups in total. The number of aromatic hydroxyl groups is 1. The molecule has 0 fully saturated rings. The molecule has 1 atom stereocenters. The van der Waals surface area contributed by atoms with Crippen LogP contribution in [-0.2, 0) is 14.3 Å². The number of methoxy groups -OCH3 is 1. The average molecular weight is 353 g/mol. The van der Waals surface area contributed by atoms with Crippen LogP contribution in [0.25, 0.3) is 0 Å². The molecule has 1 aliphatic heterocycles. The smallest absolute Gasteiger partial charge is 0.277 e. The van der Waals surface area contributed by atoms with Crippen molar-refractivity contribution in [3.05, 3.63) is 71.2 Å². The highest BCUT2D eigenvalue weighted by atomic mass is 16.5. The molecule has 0 radical (unpaired) electrons. The summed E-state index contributed by atoms with van der Waals surface area (Å²) in [5.41, 5.74) is 2.44. The molecule has 1 heterocycles. The molecule has 7 nitrogen and oxygen atoms in total. The van der Waals surface area contributed by atoms with Crippen molar-refractivity contribution < 1.29 is 19.4 Å². The number of benzene rings is 2. The number of hydrogen-bond acceptors (Lipinski definition) is 5. The summed E-state index contributed by atoms with van der Waals surface area (Å²) < 4.78 is 5.21. The van der Waals surface area contributed by atoms with Crippen molar-refractivity contribution in [2.45, 2.75) is 13.0 Å². The Balaban J connectivity index is 2.13. The minimum Gasteiger partial charge on any atom is -0.508 e. The van der Waals surface area contributed by atoms with Crippen molar-refractivity contribution in [2.24, 2.45) is 0 Å². The van der Waals surface area contributed by atoms with E-state index >= 15 is 0 Å². The van der Waals surface area contributed by atoms with Gasteiger partial charge in [0, 0.05) is 18.2 Å². The van der Waals surface area contributed by atoms with Gasteiger partial charge in [0.2, 0.25) is 11.8 Å². The molecule has 0 saturated carbocycles. The predicted molar refractivity (Wildman–Crippen MR) is 96.0 cm³/mol. The second-order valence-electron chi connectivity index (χ2n) is 5.80. The van der Waals surface area contributed by atoms with Gasteiger partial charge in [-0.2, -0.15) is 0 Å². The van der Waals surface area contributed by atoms with Crippen LogP contribution in [0.5, 0.6) is 5.75 Å². The number of rotatable bonds is 3. The maximum atomic E-state index is 12.7. The number of carbonyl (C=O) groups is 2. The fourth-order valence-corrected chi connectivity index (χ4v) is 2.81. The van der Waals surface area contributed by atoms with Crippen LogP contribution in [0, 0.1) is 0 Å². The number of hydrogen-bond donors (Lipinski definition) is 4. The van der Waals surface area contributed by atoms with Gasteiger partial charge in [-0.3, -0.25) is 14.9 Å². The Hall–Kier alpha value is -3.48. The number of anilines is 1.